The van der Waals surface area contributed by atoms with E-state index >= 15 is 0 Å². The summed E-state index contributed by atoms with van der Waals surface area (Å²) in [5.41, 5.74) is 3.93. The molecule has 1 saturated carbocycles. The summed E-state index contributed by atoms with van der Waals surface area (Å²) < 4.78 is 7.27. The summed E-state index contributed by atoms with van der Waals surface area (Å²) in [6, 6.07) is 6.43. The molecular weight excluding hydrogens is 410 g/mol. The molecule has 1 saturated heterocycles. The Balaban J connectivity index is 1.44. The van der Waals surface area contributed by atoms with Crippen LogP contribution in [-0.2, 0) is 11.8 Å². The van der Waals surface area contributed by atoms with Crippen LogP contribution in [-0.4, -0.2) is 56.4 Å². The van der Waals surface area contributed by atoms with Gasteiger partial charge in [0, 0.05) is 42.3 Å². The van der Waals surface area contributed by atoms with Gasteiger partial charge in [0.25, 0.3) is 5.91 Å². The first-order chi connectivity index (χ1) is 15.1. The van der Waals surface area contributed by atoms with Crippen molar-refractivity contribution in [2.24, 2.45) is 7.05 Å². The second kappa shape index (κ2) is 7.10. The minimum atomic E-state index is 0.0838. The van der Waals surface area contributed by atoms with Crippen molar-refractivity contribution in [3.63, 3.8) is 0 Å². The van der Waals surface area contributed by atoms with Crippen molar-refractivity contribution in [3.05, 3.63) is 41.0 Å². The normalized spacial score (nSPS) is 19.4. The number of hydrogen-bond donors (Lipinski definition) is 0. The van der Waals surface area contributed by atoms with Crippen LogP contribution in [0, 0.1) is 0 Å². The van der Waals surface area contributed by atoms with Crippen LogP contribution in [0.2, 0.25) is 0 Å². The van der Waals surface area contributed by atoms with E-state index in [0.29, 0.717) is 25.7 Å². The Hall–Kier alpha value is -2.84. The van der Waals surface area contributed by atoms with Crippen LogP contribution in [0.25, 0.3) is 32.5 Å². The summed E-state index contributed by atoms with van der Waals surface area (Å²) in [7, 11) is 1.90. The first-order valence-corrected chi connectivity index (χ1v) is 11.5. The second-order valence-electron chi connectivity index (χ2n) is 8.56. The molecule has 6 rings (SSSR count). The van der Waals surface area contributed by atoms with Crippen LogP contribution in [0.5, 0.6) is 0 Å². The van der Waals surface area contributed by atoms with Gasteiger partial charge in [0.1, 0.15) is 4.83 Å². The highest BCUT2D eigenvalue weighted by molar-refractivity contribution is 7.20. The van der Waals surface area contributed by atoms with Crippen molar-refractivity contribution >= 4 is 38.5 Å². The van der Waals surface area contributed by atoms with Gasteiger partial charge in [-0.1, -0.05) is 0 Å². The molecule has 1 aliphatic heterocycles. The Morgan fingerprint density at radius 3 is 2.94 bits per heavy atom. The summed E-state index contributed by atoms with van der Waals surface area (Å²) in [6.07, 6.45) is 6.20. The quantitative estimate of drug-likeness (QED) is 0.489. The number of morpholine rings is 1. The number of nitrogens with zero attached hydrogens (tertiary/aromatic N) is 5. The predicted molar refractivity (Wildman–Crippen MR) is 120 cm³/mol. The van der Waals surface area contributed by atoms with Crippen molar-refractivity contribution in [1.29, 1.82) is 0 Å². The Kier molecular flexibility index (Phi) is 4.33. The number of fused-ring (bicyclic) bond motifs is 2. The van der Waals surface area contributed by atoms with Gasteiger partial charge in [-0.15, -0.1) is 11.3 Å². The molecule has 0 N–H and O–H groups in total. The molecule has 1 unspecified atom stereocenters. The third kappa shape index (κ3) is 3.30. The maximum Gasteiger partial charge on any atom is 0.264 e. The van der Waals surface area contributed by atoms with E-state index in [4.69, 9.17) is 9.72 Å². The molecule has 4 aromatic heterocycles. The lowest BCUT2D eigenvalue weighted by Crippen LogP contribution is -2.46. The van der Waals surface area contributed by atoms with Crippen LogP contribution in [0.3, 0.4) is 0 Å². The number of ether oxygens (including phenoxy) is 1. The molecule has 0 spiro atoms. The highest BCUT2D eigenvalue weighted by Gasteiger charge is 2.30. The van der Waals surface area contributed by atoms with Gasteiger partial charge < -0.3 is 9.64 Å². The van der Waals surface area contributed by atoms with Gasteiger partial charge in [0.15, 0.2) is 5.65 Å². The van der Waals surface area contributed by atoms with Crippen LogP contribution in [0.4, 0.5) is 0 Å². The predicted octanol–water partition coefficient (Wildman–Crippen LogP) is 3.98. The number of amides is 1. The van der Waals surface area contributed by atoms with E-state index in [1.807, 2.05) is 31.3 Å². The Labute approximate surface area is 183 Å². The number of carbonyl (C=O) groups is 1. The zero-order valence-electron chi connectivity index (χ0n) is 17.5. The molecule has 0 radical (unpaired) electrons. The van der Waals surface area contributed by atoms with Gasteiger partial charge in [-0.25, -0.2) is 9.97 Å². The van der Waals surface area contributed by atoms with Gasteiger partial charge in [0.05, 0.1) is 29.8 Å². The number of aryl methyl sites for hydroxylation is 1. The fraction of sp³-hybridized carbons (Fsp3) is 0.391. The molecule has 1 amide bonds. The first-order valence-electron chi connectivity index (χ1n) is 10.7. The molecule has 7 nitrogen and oxygen atoms in total. The van der Waals surface area contributed by atoms with Crippen molar-refractivity contribution < 1.29 is 9.53 Å². The molecule has 2 aliphatic rings. The van der Waals surface area contributed by atoms with E-state index in [-0.39, 0.29) is 11.9 Å². The van der Waals surface area contributed by atoms with Crippen molar-refractivity contribution in [2.75, 3.05) is 19.8 Å². The number of hydrogen-bond acceptors (Lipinski definition) is 6. The fourth-order valence-electron chi connectivity index (χ4n) is 4.37. The topological polar surface area (TPSA) is 73.1 Å². The summed E-state index contributed by atoms with van der Waals surface area (Å²) in [4.78, 5) is 26.3. The van der Waals surface area contributed by atoms with E-state index in [9.17, 15) is 4.79 Å². The zero-order chi connectivity index (χ0) is 21.1. The molecular formula is C23H23N5O2S. The number of rotatable bonds is 3. The van der Waals surface area contributed by atoms with Gasteiger partial charge in [-0.05, 0) is 49.4 Å². The zero-order valence-corrected chi connectivity index (χ0v) is 18.4. The molecule has 2 fully saturated rings. The molecule has 0 aromatic carbocycles. The second-order valence-corrected chi connectivity index (χ2v) is 9.59. The molecule has 8 heteroatoms. The van der Waals surface area contributed by atoms with Crippen LogP contribution in [0.15, 0.2) is 30.6 Å². The molecule has 5 heterocycles. The molecule has 4 aromatic rings. The third-order valence-corrected chi connectivity index (χ3v) is 7.18. The molecule has 31 heavy (non-hydrogen) atoms. The average molecular weight is 434 g/mol. The van der Waals surface area contributed by atoms with Gasteiger partial charge in [0.2, 0.25) is 0 Å². The minimum Gasteiger partial charge on any atom is -0.377 e. The Bertz CT molecular complexity index is 1320. The van der Waals surface area contributed by atoms with Crippen LogP contribution in [0.1, 0.15) is 40.9 Å². The lowest BCUT2D eigenvalue weighted by atomic mass is 10.0. The van der Waals surface area contributed by atoms with E-state index in [1.54, 1.807) is 4.68 Å². The standard InChI is InChI=1S/C23H23N5O2S/c1-13-12-30-6-5-28(13)23(29)20-9-18-17(14-3-4-14)8-19(25-22(18)31-20)15-7-16-11-27(2)26-21(16)24-10-15/h7-11,13-14H,3-6,12H2,1-2H3. The van der Waals surface area contributed by atoms with E-state index in [1.165, 1.54) is 29.7 Å². The lowest BCUT2D eigenvalue weighted by Gasteiger charge is -2.32. The maximum absolute atomic E-state index is 13.2. The fourth-order valence-corrected chi connectivity index (χ4v) is 5.39. The highest BCUT2D eigenvalue weighted by Crippen LogP contribution is 2.45. The number of carbonyl (C=O) groups excluding carboxylic acids is 1. The van der Waals surface area contributed by atoms with Crippen molar-refractivity contribution in [1.82, 2.24) is 24.6 Å². The SMILES string of the molecule is CC1COCCN1C(=O)c1cc2c(C3CC3)cc(-c3cnc4nn(C)cc4c3)nc2s1. The van der Waals surface area contributed by atoms with E-state index in [2.05, 4.69) is 28.3 Å². The molecule has 0 bridgehead atoms. The Morgan fingerprint density at radius 2 is 2.13 bits per heavy atom. The van der Waals surface area contributed by atoms with Crippen molar-refractivity contribution in [3.8, 4) is 11.3 Å². The van der Waals surface area contributed by atoms with Crippen molar-refractivity contribution in [2.45, 2.75) is 31.7 Å². The summed E-state index contributed by atoms with van der Waals surface area (Å²) in [5, 5.41) is 6.48. The lowest BCUT2D eigenvalue weighted by molar-refractivity contribution is 0.00387. The van der Waals surface area contributed by atoms with E-state index in [0.717, 1.165) is 37.4 Å². The smallest absolute Gasteiger partial charge is 0.264 e. The maximum atomic E-state index is 13.2. The summed E-state index contributed by atoms with van der Waals surface area (Å²) >= 11 is 1.50. The number of pyridine rings is 2. The monoisotopic (exact) mass is 433 g/mol. The molecule has 158 valence electrons. The van der Waals surface area contributed by atoms with Crippen LogP contribution < -0.4 is 0 Å². The summed E-state index contributed by atoms with van der Waals surface area (Å²) in [6.45, 7) is 3.87. The number of aromatic nitrogens is 4. The van der Waals surface area contributed by atoms with Crippen LogP contribution >= 0.6 is 11.3 Å². The minimum absolute atomic E-state index is 0.0838. The highest BCUT2D eigenvalue weighted by atomic mass is 32.1. The first kappa shape index (κ1) is 18.9. The van der Waals surface area contributed by atoms with Gasteiger partial charge >= 0.3 is 0 Å². The van der Waals surface area contributed by atoms with E-state index < -0.39 is 0 Å². The van der Waals surface area contributed by atoms with Gasteiger partial charge in [-0.2, -0.15) is 5.10 Å². The third-order valence-electron chi connectivity index (χ3n) is 6.16. The molecule has 1 atom stereocenters. The molecule has 1 aliphatic carbocycles. The number of thiophene rings is 1. The van der Waals surface area contributed by atoms with Gasteiger partial charge in [-0.3, -0.25) is 9.48 Å². The Morgan fingerprint density at radius 1 is 1.26 bits per heavy atom. The average Bonchev–Trinajstić information content (AvgIpc) is 3.40. The largest absolute Gasteiger partial charge is 0.377 e. The summed E-state index contributed by atoms with van der Waals surface area (Å²) in [5.74, 6) is 0.639.